The lowest BCUT2D eigenvalue weighted by Gasteiger charge is -2.29. The molecule has 2 heterocycles. The second-order valence-corrected chi connectivity index (χ2v) is 7.74. The van der Waals surface area contributed by atoms with Crippen molar-refractivity contribution < 1.29 is 19.2 Å². The van der Waals surface area contributed by atoms with Gasteiger partial charge in [-0.1, -0.05) is 42.5 Å². The first kappa shape index (κ1) is 20.6. The number of carbonyl (C=O) groups is 4. The van der Waals surface area contributed by atoms with E-state index in [4.69, 9.17) is 0 Å². The maximum atomic E-state index is 12.9. The van der Waals surface area contributed by atoms with Crippen LogP contribution in [0.15, 0.2) is 48.5 Å². The summed E-state index contributed by atoms with van der Waals surface area (Å²) in [7, 11) is 0. The molecule has 1 fully saturated rings. The molecule has 2 aromatic rings. The number of carbonyl (C=O) groups excluding carboxylic acids is 4. The van der Waals surface area contributed by atoms with Crippen molar-refractivity contribution in [2.75, 3.05) is 6.54 Å². The summed E-state index contributed by atoms with van der Waals surface area (Å²) in [6.07, 6.45) is 1.31. The zero-order chi connectivity index (χ0) is 21.8. The fraction of sp³-hybridized carbons (Fsp3) is 0.304. The highest BCUT2D eigenvalue weighted by Crippen LogP contribution is 2.28. The van der Waals surface area contributed by atoms with Gasteiger partial charge in [0.15, 0.2) is 0 Å². The van der Waals surface area contributed by atoms with Gasteiger partial charge in [-0.15, -0.1) is 0 Å². The van der Waals surface area contributed by atoms with Gasteiger partial charge in [0.2, 0.25) is 11.8 Å². The van der Waals surface area contributed by atoms with E-state index in [-0.39, 0.29) is 30.8 Å². The number of urea groups is 1. The van der Waals surface area contributed by atoms with Crippen LogP contribution in [0.4, 0.5) is 4.79 Å². The summed E-state index contributed by atoms with van der Waals surface area (Å²) in [5.74, 6) is -0.953. The summed E-state index contributed by atoms with van der Waals surface area (Å²) in [5, 5.41) is 7.92. The molecule has 8 heteroatoms. The fourth-order valence-corrected chi connectivity index (χ4v) is 3.92. The van der Waals surface area contributed by atoms with Gasteiger partial charge < -0.3 is 15.5 Å². The quantitative estimate of drug-likeness (QED) is 0.616. The molecular weight excluding hydrogens is 396 g/mol. The number of amides is 5. The van der Waals surface area contributed by atoms with Crippen molar-refractivity contribution in [2.24, 2.45) is 0 Å². The Morgan fingerprint density at radius 3 is 2.61 bits per heavy atom. The van der Waals surface area contributed by atoms with Crippen LogP contribution in [0.3, 0.4) is 0 Å². The van der Waals surface area contributed by atoms with Gasteiger partial charge in [0.05, 0.1) is 0 Å². The summed E-state index contributed by atoms with van der Waals surface area (Å²) in [4.78, 5) is 49.9. The van der Waals surface area contributed by atoms with Crippen LogP contribution in [-0.4, -0.2) is 41.2 Å². The van der Waals surface area contributed by atoms with Crippen molar-refractivity contribution >= 4 is 23.8 Å². The first-order valence-corrected chi connectivity index (χ1v) is 10.3. The average molecular weight is 420 g/mol. The number of imide groups is 1. The molecule has 1 saturated heterocycles. The number of fused-ring (bicyclic) bond motifs is 1. The topological polar surface area (TPSA) is 108 Å². The minimum atomic E-state index is -0.630. The number of hydrogen-bond donors (Lipinski definition) is 3. The molecule has 2 aliphatic rings. The first-order valence-electron chi connectivity index (χ1n) is 10.3. The molecule has 0 bridgehead atoms. The van der Waals surface area contributed by atoms with Crippen LogP contribution < -0.4 is 16.0 Å². The average Bonchev–Trinajstić information content (AvgIpc) is 3.09. The summed E-state index contributed by atoms with van der Waals surface area (Å²) in [6, 6.07) is 14.5. The molecule has 0 spiro atoms. The van der Waals surface area contributed by atoms with Crippen molar-refractivity contribution in [3.05, 3.63) is 70.8 Å². The molecule has 2 aliphatic heterocycles. The van der Waals surface area contributed by atoms with Crippen LogP contribution in [0.1, 0.15) is 39.9 Å². The summed E-state index contributed by atoms with van der Waals surface area (Å²) >= 11 is 0. The fourth-order valence-electron chi connectivity index (χ4n) is 3.92. The number of nitrogens with one attached hydrogen (secondary N) is 3. The Morgan fingerprint density at radius 1 is 1.03 bits per heavy atom. The lowest BCUT2D eigenvalue weighted by Crippen LogP contribution is -2.52. The normalized spacial score (nSPS) is 17.9. The molecule has 0 aromatic heterocycles. The highest BCUT2D eigenvalue weighted by molar-refractivity contribution is 6.05. The van der Waals surface area contributed by atoms with E-state index in [9.17, 15) is 19.2 Å². The van der Waals surface area contributed by atoms with E-state index in [0.29, 0.717) is 25.1 Å². The third kappa shape index (κ3) is 4.74. The molecule has 1 atom stereocenters. The highest BCUT2D eigenvalue weighted by Gasteiger charge is 2.39. The predicted octanol–water partition coefficient (Wildman–Crippen LogP) is 1.49. The van der Waals surface area contributed by atoms with Gasteiger partial charge in [-0.25, -0.2) is 4.79 Å². The minimum absolute atomic E-state index is 0.223. The molecule has 160 valence electrons. The van der Waals surface area contributed by atoms with Crippen LogP contribution in [0.5, 0.6) is 0 Å². The van der Waals surface area contributed by atoms with E-state index >= 15 is 0 Å². The molecule has 1 unspecified atom stereocenters. The third-order valence-electron chi connectivity index (χ3n) is 5.59. The van der Waals surface area contributed by atoms with Crippen LogP contribution in [0, 0.1) is 0 Å². The van der Waals surface area contributed by atoms with Crippen molar-refractivity contribution in [1.82, 2.24) is 20.9 Å². The Hall–Kier alpha value is -3.68. The van der Waals surface area contributed by atoms with Crippen LogP contribution in [0.25, 0.3) is 0 Å². The predicted molar refractivity (Wildman–Crippen MR) is 113 cm³/mol. The van der Waals surface area contributed by atoms with Gasteiger partial charge >= 0.3 is 6.03 Å². The minimum Gasteiger partial charge on any atom is -0.338 e. The Kier molecular flexibility index (Phi) is 5.97. The lowest BCUT2D eigenvalue weighted by atomic mass is 10.0. The molecule has 4 rings (SSSR count). The SMILES string of the molecule is O=C1CCC(N2Cc3ccc(CNC(=O)NCCc4ccccc4)cc3C2=O)C(=O)N1. The molecule has 0 aliphatic carbocycles. The Morgan fingerprint density at radius 2 is 1.84 bits per heavy atom. The molecule has 31 heavy (non-hydrogen) atoms. The molecule has 5 amide bonds. The zero-order valence-corrected chi connectivity index (χ0v) is 17.0. The maximum absolute atomic E-state index is 12.9. The largest absolute Gasteiger partial charge is 0.338 e. The number of nitrogens with zero attached hydrogens (tertiary/aromatic N) is 1. The lowest BCUT2D eigenvalue weighted by molar-refractivity contribution is -0.136. The summed E-state index contributed by atoms with van der Waals surface area (Å²) in [6.45, 7) is 1.16. The smallest absolute Gasteiger partial charge is 0.315 e. The maximum Gasteiger partial charge on any atom is 0.315 e. The van der Waals surface area contributed by atoms with Gasteiger partial charge in [-0.05, 0) is 35.6 Å². The van der Waals surface area contributed by atoms with E-state index < -0.39 is 11.9 Å². The van der Waals surface area contributed by atoms with Crippen LogP contribution >= 0.6 is 0 Å². The highest BCUT2D eigenvalue weighted by atomic mass is 16.2. The summed E-state index contributed by atoms with van der Waals surface area (Å²) < 4.78 is 0. The van der Waals surface area contributed by atoms with Crippen molar-refractivity contribution in [3.8, 4) is 0 Å². The van der Waals surface area contributed by atoms with Crippen molar-refractivity contribution in [3.63, 3.8) is 0 Å². The number of piperidine rings is 1. The van der Waals surface area contributed by atoms with Crippen LogP contribution in [0.2, 0.25) is 0 Å². The summed E-state index contributed by atoms with van der Waals surface area (Å²) in [5.41, 5.74) is 3.33. The monoisotopic (exact) mass is 420 g/mol. The van der Waals surface area contributed by atoms with Gasteiger partial charge in [-0.3, -0.25) is 19.7 Å². The Bertz CT molecular complexity index is 1020. The third-order valence-corrected chi connectivity index (χ3v) is 5.59. The van der Waals surface area contributed by atoms with Crippen molar-refractivity contribution in [2.45, 2.75) is 38.4 Å². The Balaban J connectivity index is 1.30. The van der Waals surface area contributed by atoms with Gasteiger partial charge in [-0.2, -0.15) is 0 Å². The van der Waals surface area contributed by atoms with E-state index in [0.717, 1.165) is 23.1 Å². The van der Waals surface area contributed by atoms with Gasteiger partial charge in [0, 0.05) is 31.6 Å². The van der Waals surface area contributed by atoms with E-state index in [1.807, 2.05) is 42.5 Å². The molecule has 0 saturated carbocycles. The van der Waals surface area contributed by atoms with E-state index in [1.165, 1.54) is 4.90 Å². The van der Waals surface area contributed by atoms with E-state index in [1.54, 1.807) is 6.07 Å². The van der Waals surface area contributed by atoms with Gasteiger partial charge in [0.1, 0.15) is 6.04 Å². The first-order chi connectivity index (χ1) is 15.0. The van der Waals surface area contributed by atoms with E-state index in [2.05, 4.69) is 16.0 Å². The number of hydrogen-bond acceptors (Lipinski definition) is 4. The molecule has 8 nitrogen and oxygen atoms in total. The van der Waals surface area contributed by atoms with Crippen LogP contribution in [-0.2, 0) is 29.1 Å². The van der Waals surface area contributed by atoms with Crippen molar-refractivity contribution in [1.29, 1.82) is 0 Å². The molecule has 2 aromatic carbocycles. The second-order valence-electron chi connectivity index (χ2n) is 7.74. The molecule has 0 radical (unpaired) electrons. The number of rotatable bonds is 6. The molecular formula is C23H24N4O4. The van der Waals surface area contributed by atoms with Gasteiger partial charge in [0.25, 0.3) is 5.91 Å². The zero-order valence-electron chi connectivity index (χ0n) is 17.0. The molecule has 3 N–H and O–H groups in total. The standard InChI is InChI=1S/C23H24N4O4/c28-20-9-8-19(21(29)26-20)27-14-17-7-6-16(12-18(17)22(27)30)13-25-23(31)24-11-10-15-4-2-1-3-5-15/h1-7,12,19H,8-11,13-14H2,(H2,24,25,31)(H,26,28,29). The number of benzene rings is 2. The second kappa shape index (κ2) is 8.99. The Labute approximate surface area is 180 Å².